The Morgan fingerprint density at radius 2 is 0.710 bits per heavy atom. The lowest BCUT2D eigenvalue weighted by Gasteiger charge is -2.21. The van der Waals surface area contributed by atoms with Crippen molar-refractivity contribution in [1.29, 1.82) is 0 Å². The first kappa shape index (κ1) is 60.1. The van der Waals surface area contributed by atoms with E-state index in [0.29, 0.717) is 6.42 Å². The first-order valence-electron chi connectivity index (χ1n) is 27.1. The van der Waals surface area contributed by atoms with Gasteiger partial charge in [0.15, 0.2) is 0 Å². The van der Waals surface area contributed by atoms with Crippen LogP contribution in [-0.4, -0.2) is 46.1 Å². The molecule has 0 aliphatic rings. The van der Waals surface area contributed by atoms with Gasteiger partial charge in [0.1, 0.15) is 6.10 Å². The summed E-state index contributed by atoms with van der Waals surface area (Å²) in [5.41, 5.74) is 0. The van der Waals surface area contributed by atoms with Crippen LogP contribution in [0.5, 0.6) is 0 Å². The lowest BCUT2D eigenvalue weighted by atomic mass is 10.0. The Morgan fingerprint density at radius 1 is 0.403 bits per heavy atom. The first-order chi connectivity index (χ1) is 30.6. The van der Waals surface area contributed by atoms with E-state index in [1.807, 2.05) is 6.08 Å². The Balaban J connectivity index is 3.65. The van der Waals surface area contributed by atoms with Crippen molar-refractivity contribution >= 4 is 5.91 Å². The molecule has 0 aromatic carbocycles. The van der Waals surface area contributed by atoms with Gasteiger partial charge in [-0.05, 0) is 77.0 Å². The van der Waals surface area contributed by atoms with E-state index in [1.54, 1.807) is 6.08 Å². The van der Waals surface area contributed by atoms with Crippen LogP contribution < -0.4 is 5.32 Å². The molecule has 0 saturated carbocycles. The third-order valence-electron chi connectivity index (χ3n) is 12.3. The van der Waals surface area contributed by atoms with Crippen LogP contribution >= 0.6 is 0 Å². The highest BCUT2D eigenvalue weighted by Crippen LogP contribution is 2.16. The number of nitrogens with one attached hydrogen (secondary N) is 1. The molecule has 0 aromatic heterocycles. The summed E-state index contributed by atoms with van der Waals surface area (Å²) in [5.74, 6) is -0.518. The minimum Gasteiger partial charge on any atom is -0.394 e. The maximum absolute atomic E-state index is 12.5. The molecular weight excluding hydrogens is 763 g/mol. The van der Waals surface area contributed by atoms with Crippen molar-refractivity contribution < 1.29 is 20.1 Å². The smallest absolute Gasteiger partial charge is 0.249 e. The summed E-state index contributed by atoms with van der Waals surface area (Å²) in [6.07, 6.45) is 70.0. The number of unbranched alkanes of at least 4 members (excludes halogenated alkanes) is 33. The normalized spacial score (nSPS) is 13.8. The number of amides is 1. The van der Waals surface area contributed by atoms with E-state index < -0.39 is 24.2 Å². The largest absolute Gasteiger partial charge is 0.394 e. The Bertz CT molecular complexity index is 1050. The van der Waals surface area contributed by atoms with E-state index in [4.69, 9.17) is 0 Å². The summed E-state index contributed by atoms with van der Waals surface area (Å²) in [6.45, 7) is 4.18. The van der Waals surface area contributed by atoms with Gasteiger partial charge in [-0.15, -0.1) is 0 Å². The Morgan fingerprint density at radius 3 is 1.08 bits per heavy atom. The van der Waals surface area contributed by atoms with Crippen molar-refractivity contribution in [3.8, 4) is 0 Å². The predicted molar refractivity (Wildman–Crippen MR) is 273 cm³/mol. The zero-order valence-electron chi connectivity index (χ0n) is 41.2. The number of carbonyl (C=O) groups is 1. The molecule has 0 aliphatic carbocycles. The van der Waals surface area contributed by atoms with E-state index in [1.165, 1.54) is 199 Å². The topological polar surface area (TPSA) is 89.8 Å². The number of rotatable bonds is 49. The van der Waals surface area contributed by atoms with Crippen LogP contribution in [0, 0.1) is 0 Å². The van der Waals surface area contributed by atoms with Gasteiger partial charge >= 0.3 is 0 Å². The zero-order chi connectivity index (χ0) is 45.1. The molecule has 1 amide bonds. The van der Waals surface area contributed by atoms with E-state index in [0.717, 1.165) is 51.4 Å². The van der Waals surface area contributed by atoms with Crippen LogP contribution in [0.15, 0.2) is 60.8 Å². The van der Waals surface area contributed by atoms with Crippen LogP contribution in [0.25, 0.3) is 0 Å². The Labute approximate surface area is 386 Å². The maximum Gasteiger partial charge on any atom is 0.249 e. The molecule has 0 radical (unpaired) electrons. The molecule has 5 heteroatoms. The van der Waals surface area contributed by atoms with Crippen LogP contribution in [0.1, 0.15) is 271 Å². The molecule has 5 nitrogen and oxygen atoms in total. The fraction of sp³-hybridized carbons (Fsp3) is 0.807. The summed E-state index contributed by atoms with van der Waals surface area (Å²) in [4.78, 5) is 12.5. The van der Waals surface area contributed by atoms with Crippen molar-refractivity contribution in [2.45, 2.75) is 289 Å². The molecule has 0 aromatic rings. The lowest BCUT2D eigenvalue weighted by molar-refractivity contribution is -0.131. The van der Waals surface area contributed by atoms with Gasteiger partial charge in [-0.3, -0.25) is 4.79 Å². The molecule has 0 spiro atoms. The number of hydrogen-bond donors (Lipinski definition) is 4. The second kappa shape index (κ2) is 51.7. The highest BCUT2D eigenvalue weighted by Gasteiger charge is 2.22. The number of allylic oxidation sites excluding steroid dienone is 9. The quantitative estimate of drug-likeness (QED) is 0.0362. The molecular formula is C57H105NO4. The molecule has 0 fully saturated rings. The van der Waals surface area contributed by atoms with Crippen molar-refractivity contribution in [3.05, 3.63) is 60.8 Å². The standard InChI is InChI=1S/C57H105NO4/c1-3-5-7-9-11-13-15-17-19-21-23-25-26-27-28-29-30-31-32-34-36-38-40-42-44-46-48-50-52-56(61)57(62)58-54(53-59)55(60)51-49-47-45-43-41-39-37-35-33-24-22-20-18-16-14-12-10-8-6-4-2/h23,25,27-28,33,35,41,43,49,51,54-56,59-61H,3-22,24,26,29-32,34,36-40,42,44-48,50,52-53H2,1-2H3,(H,58,62)/b25-23-,28-27-,35-33+,43-41+,51-49+. The van der Waals surface area contributed by atoms with Crippen LogP contribution in [-0.2, 0) is 4.79 Å². The predicted octanol–water partition coefficient (Wildman–Crippen LogP) is 16.6. The minimum atomic E-state index is -1.11. The zero-order valence-corrected chi connectivity index (χ0v) is 41.2. The second-order valence-electron chi connectivity index (χ2n) is 18.4. The van der Waals surface area contributed by atoms with Gasteiger partial charge in [0, 0.05) is 0 Å². The fourth-order valence-corrected chi connectivity index (χ4v) is 8.07. The first-order valence-corrected chi connectivity index (χ1v) is 27.1. The molecule has 0 saturated heterocycles. The maximum atomic E-state index is 12.5. The van der Waals surface area contributed by atoms with Crippen molar-refractivity contribution in [3.63, 3.8) is 0 Å². The molecule has 3 atom stereocenters. The summed E-state index contributed by atoms with van der Waals surface area (Å²) in [6, 6.07) is -0.824. The Hall–Kier alpha value is -1.95. The number of hydrogen-bond acceptors (Lipinski definition) is 4. The van der Waals surface area contributed by atoms with Gasteiger partial charge < -0.3 is 20.6 Å². The van der Waals surface area contributed by atoms with Gasteiger partial charge in [-0.25, -0.2) is 0 Å². The van der Waals surface area contributed by atoms with Crippen LogP contribution in [0.2, 0.25) is 0 Å². The highest BCUT2D eigenvalue weighted by atomic mass is 16.3. The minimum absolute atomic E-state index is 0.383. The van der Waals surface area contributed by atoms with Gasteiger partial charge in [-0.1, -0.05) is 254 Å². The molecule has 0 aliphatic heterocycles. The summed E-state index contributed by atoms with van der Waals surface area (Å²) in [5, 5.41) is 33.3. The van der Waals surface area contributed by atoms with Crippen LogP contribution in [0.4, 0.5) is 0 Å². The monoisotopic (exact) mass is 868 g/mol. The number of carbonyl (C=O) groups excluding carboxylic acids is 1. The van der Waals surface area contributed by atoms with E-state index in [9.17, 15) is 20.1 Å². The van der Waals surface area contributed by atoms with E-state index >= 15 is 0 Å². The summed E-state index contributed by atoms with van der Waals surface area (Å²) >= 11 is 0. The van der Waals surface area contributed by atoms with Crippen LogP contribution in [0.3, 0.4) is 0 Å². The molecule has 0 heterocycles. The van der Waals surface area contributed by atoms with Gasteiger partial charge in [0.25, 0.3) is 0 Å². The average molecular weight is 868 g/mol. The summed E-state index contributed by atoms with van der Waals surface area (Å²) < 4.78 is 0. The van der Waals surface area contributed by atoms with Gasteiger partial charge in [-0.2, -0.15) is 0 Å². The molecule has 4 N–H and O–H groups in total. The Kier molecular flexibility index (Phi) is 50.1. The second-order valence-corrected chi connectivity index (χ2v) is 18.4. The lowest BCUT2D eigenvalue weighted by Crippen LogP contribution is -2.48. The van der Waals surface area contributed by atoms with Crippen molar-refractivity contribution in [1.82, 2.24) is 5.32 Å². The van der Waals surface area contributed by atoms with Gasteiger partial charge in [0.2, 0.25) is 5.91 Å². The molecule has 3 unspecified atom stereocenters. The van der Waals surface area contributed by atoms with Crippen molar-refractivity contribution in [2.75, 3.05) is 6.61 Å². The number of aliphatic hydroxyl groups is 3. The van der Waals surface area contributed by atoms with E-state index in [-0.39, 0.29) is 6.61 Å². The van der Waals surface area contributed by atoms with Crippen molar-refractivity contribution in [2.24, 2.45) is 0 Å². The van der Waals surface area contributed by atoms with Gasteiger partial charge in [0.05, 0.1) is 18.8 Å². The SMILES string of the molecule is CCCCCCCCCCC/C=C\C/C=C\CCCCCCCCCCCCCCC(O)C(=O)NC(CO)C(O)/C=C/CC/C=C/CC/C=C/CCCCCCCCCCCC. The third-order valence-corrected chi connectivity index (χ3v) is 12.3. The highest BCUT2D eigenvalue weighted by molar-refractivity contribution is 5.80. The number of aliphatic hydroxyl groups excluding tert-OH is 3. The fourth-order valence-electron chi connectivity index (χ4n) is 8.07. The molecule has 0 rings (SSSR count). The third kappa shape index (κ3) is 46.1. The molecule has 62 heavy (non-hydrogen) atoms. The summed E-state index contributed by atoms with van der Waals surface area (Å²) in [7, 11) is 0. The molecule has 0 bridgehead atoms. The average Bonchev–Trinajstić information content (AvgIpc) is 3.28. The molecule has 362 valence electrons. The van der Waals surface area contributed by atoms with E-state index in [2.05, 4.69) is 67.8 Å².